The van der Waals surface area contributed by atoms with Crippen molar-refractivity contribution in [2.45, 2.75) is 64.1 Å². The molecule has 0 amide bonds. The van der Waals surface area contributed by atoms with Crippen LogP contribution < -0.4 is 5.73 Å². The predicted octanol–water partition coefficient (Wildman–Crippen LogP) is 2.29. The molecule has 7 heteroatoms. The lowest BCUT2D eigenvalue weighted by molar-refractivity contribution is 0.163. The highest BCUT2D eigenvalue weighted by Crippen LogP contribution is 2.34. The van der Waals surface area contributed by atoms with Crippen molar-refractivity contribution in [1.29, 1.82) is 0 Å². The van der Waals surface area contributed by atoms with E-state index < -0.39 is 6.10 Å². The Hall–Kier alpha value is -2.25. The van der Waals surface area contributed by atoms with Gasteiger partial charge in [0.05, 0.1) is 17.1 Å². The number of fused-ring (bicyclic) bond motifs is 1. The first kappa shape index (κ1) is 17.2. The molecule has 0 bridgehead atoms. The number of aryl methyl sites for hydroxylation is 2. The largest absolute Gasteiger partial charge is 0.391 e. The highest BCUT2D eigenvalue weighted by molar-refractivity contribution is 5.77. The maximum Gasteiger partial charge on any atom is 0.233 e. The van der Waals surface area contributed by atoms with Gasteiger partial charge in [-0.3, -0.25) is 0 Å². The third kappa shape index (κ3) is 2.91. The summed E-state index contributed by atoms with van der Waals surface area (Å²) in [7, 11) is 0. The smallest absolute Gasteiger partial charge is 0.233 e. The summed E-state index contributed by atoms with van der Waals surface area (Å²) in [4.78, 5) is 9.51. The SMILES string of the molecule is CCCCn1c(-n2nc(C)nc2[C@H]2C[C@@H](N)[C@H](O)C2)nc2ccccc21. The molecule has 3 aromatic rings. The van der Waals surface area contributed by atoms with Crippen LogP contribution in [-0.2, 0) is 6.54 Å². The summed E-state index contributed by atoms with van der Waals surface area (Å²) >= 11 is 0. The average Bonchev–Trinajstić information content (AvgIpc) is 3.28. The molecule has 2 heterocycles. The summed E-state index contributed by atoms with van der Waals surface area (Å²) in [6.07, 6.45) is 3.04. The number of imidazole rings is 1. The van der Waals surface area contributed by atoms with Crippen LogP contribution in [0.4, 0.5) is 0 Å². The maximum atomic E-state index is 10.1. The minimum Gasteiger partial charge on any atom is -0.391 e. The molecule has 138 valence electrons. The van der Waals surface area contributed by atoms with E-state index in [1.54, 1.807) is 0 Å². The van der Waals surface area contributed by atoms with Crippen molar-refractivity contribution in [2.75, 3.05) is 0 Å². The van der Waals surface area contributed by atoms with Crippen molar-refractivity contribution in [2.24, 2.45) is 5.73 Å². The zero-order chi connectivity index (χ0) is 18.3. The summed E-state index contributed by atoms with van der Waals surface area (Å²) in [5.41, 5.74) is 8.10. The summed E-state index contributed by atoms with van der Waals surface area (Å²) in [6, 6.07) is 7.96. The molecule has 4 rings (SSSR count). The molecule has 0 radical (unpaired) electrons. The highest BCUT2D eigenvalue weighted by atomic mass is 16.3. The van der Waals surface area contributed by atoms with Crippen LogP contribution in [0.3, 0.4) is 0 Å². The minimum absolute atomic E-state index is 0.0978. The Morgan fingerprint density at radius 3 is 2.77 bits per heavy atom. The van der Waals surface area contributed by atoms with E-state index in [1.807, 2.05) is 29.8 Å². The highest BCUT2D eigenvalue weighted by Gasteiger charge is 2.35. The van der Waals surface area contributed by atoms with Gasteiger partial charge in [0, 0.05) is 18.5 Å². The van der Waals surface area contributed by atoms with Gasteiger partial charge in [-0.1, -0.05) is 25.5 Å². The number of hydrogen-bond donors (Lipinski definition) is 2. The van der Waals surface area contributed by atoms with Crippen molar-refractivity contribution in [3.05, 3.63) is 35.9 Å². The zero-order valence-corrected chi connectivity index (χ0v) is 15.3. The number of aliphatic hydroxyl groups excluding tert-OH is 1. The van der Waals surface area contributed by atoms with E-state index in [1.165, 1.54) is 0 Å². The number of nitrogens with zero attached hydrogens (tertiary/aromatic N) is 5. The number of unbranched alkanes of at least 4 members (excludes halogenated alkanes) is 1. The maximum absolute atomic E-state index is 10.1. The Balaban J connectivity index is 1.83. The topological polar surface area (TPSA) is 94.8 Å². The quantitative estimate of drug-likeness (QED) is 0.733. The number of rotatable bonds is 5. The number of hydrogen-bond acceptors (Lipinski definition) is 5. The molecular formula is C19H26N6O. The van der Waals surface area contributed by atoms with Crippen LogP contribution in [0.15, 0.2) is 24.3 Å². The Morgan fingerprint density at radius 1 is 1.23 bits per heavy atom. The van der Waals surface area contributed by atoms with Crippen molar-refractivity contribution < 1.29 is 5.11 Å². The first-order valence-corrected chi connectivity index (χ1v) is 9.41. The molecule has 0 spiro atoms. The van der Waals surface area contributed by atoms with Crippen LogP contribution in [0.25, 0.3) is 17.0 Å². The van der Waals surface area contributed by atoms with Gasteiger partial charge in [0.15, 0.2) is 0 Å². The number of para-hydroxylation sites is 2. The molecule has 26 heavy (non-hydrogen) atoms. The molecule has 0 unspecified atom stereocenters. The molecule has 1 aromatic carbocycles. The van der Waals surface area contributed by atoms with Gasteiger partial charge in [-0.05, 0) is 38.3 Å². The number of nitrogens with two attached hydrogens (primary N) is 1. The van der Waals surface area contributed by atoms with Crippen molar-refractivity contribution in [3.63, 3.8) is 0 Å². The second-order valence-electron chi connectivity index (χ2n) is 7.23. The fourth-order valence-electron chi connectivity index (χ4n) is 3.86. The Kier molecular flexibility index (Phi) is 4.50. The molecule has 1 aliphatic rings. The van der Waals surface area contributed by atoms with Gasteiger partial charge in [0.1, 0.15) is 11.6 Å². The molecule has 1 fully saturated rings. The van der Waals surface area contributed by atoms with Gasteiger partial charge in [-0.2, -0.15) is 4.68 Å². The number of aromatic nitrogens is 5. The summed E-state index contributed by atoms with van der Waals surface area (Å²) in [5.74, 6) is 2.46. The molecule has 0 saturated heterocycles. The van der Waals surface area contributed by atoms with Crippen LogP contribution in [0, 0.1) is 6.92 Å². The van der Waals surface area contributed by atoms with Crippen LogP contribution in [0.5, 0.6) is 0 Å². The van der Waals surface area contributed by atoms with Crippen LogP contribution in [0.2, 0.25) is 0 Å². The molecular weight excluding hydrogens is 328 g/mol. The lowest BCUT2D eigenvalue weighted by Crippen LogP contribution is -2.28. The van der Waals surface area contributed by atoms with E-state index in [9.17, 15) is 5.11 Å². The van der Waals surface area contributed by atoms with Crippen LogP contribution in [-0.4, -0.2) is 41.6 Å². The van der Waals surface area contributed by atoms with Gasteiger partial charge < -0.3 is 15.4 Å². The molecule has 3 atom stereocenters. The van der Waals surface area contributed by atoms with E-state index >= 15 is 0 Å². The fraction of sp³-hybridized carbons (Fsp3) is 0.526. The molecule has 2 aromatic heterocycles. The molecule has 7 nitrogen and oxygen atoms in total. The lowest BCUT2D eigenvalue weighted by Gasteiger charge is -2.13. The minimum atomic E-state index is -0.482. The molecule has 3 N–H and O–H groups in total. The first-order chi connectivity index (χ1) is 12.6. The third-order valence-electron chi connectivity index (χ3n) is 5.24. The number of benzene rings is 1. The van der Waals surface area contributed by atoms with Gasteiger partial charge in [-0.15, -0.1) is 5.10 Å². The van der Waals surface area contributed by atoms with Gasteiger partial charge >= 0.3 is 0 Å². The monoisotopic (exact) mass is 354 g/mol. The predicted molar refractivity (Wildman–Crippen MR) is 100 cm³/mol. The van der Waals surface area contributed by atoms with Gasteiger partial charge in [0.2, 0.25) is 5.95 Å². The number of aliphatic hydroxyl groups is 1. The molecule has 1 saturated carbocycles. The third-order valence-corrected chi connectivity index (χ3v) is 5.24. The Morgan fingerprint density at radius 2 is 2.04 bits per heavy atom. The Labute approximate surface area is 152 Å². The zero-order valence-electron chi connectivity index (χ0n) is 15.3. The Bertz CT molecular complexity index is 904. The van der Waals surface area contributed by atoms with E-state index in [0.717, 1.165) is 42.2 Å². The summed E-state index contributed by atoms with van der Waals surface area (Å²) < 4.78 is 4.09. The van der Waals surface area contributed by atoms with Gasteiger partial charge in [0.25, 0.3) is 0 Å². The van der Waals surface area contributed by atoms with E-state index in [4.69, 9.17) is 10.7 Å². The summed E-state index contributed by atoms with van der Waals surface area (Å²) in [5, 5.41) is 14.7. The molecule has 0 aliphatic heterocycles. The van der Waals surface area contributed by atoms with Crippen molar-refractivity contribution >= 4 is 11.0 Å². The second kappa shape index (κ2) is 6.81. The van der Waals surface area contributed by atoms with E-state index in [0.29, 0.717) is 18.7 Å². The van der Waals surface area contributed by atoms with Crippen molar-refractivity contribution in [1.82, 2.24) is 24.3 Å². The normalized spacial score (nSPS) is 23.2. The summed E-state index contributed by atoms with van der Waals surface area (Å²) in [6.45, 7) is 4.97. The fourth-order valence-corrected chi connectivity index (χ4v) is 3.86. The second-order valence-corrected chi connectivity index (χ2v) is 7.23. The lowest BCUT2D eigenvalue weighted by atomic mass is 10.1. The average molecular weight is 354 g/mol. The van der Waals surface area contributed by atoms with E-state index in [2.05, 4.69) is 27.6 Å². The first-order valence-electron chi connectivity index (χ1n) is 9.41. The van der Waals surface area contributed by atoms with Gasteiger partial charge in [-0.25, -0.2) is 9.97 Å². The van der Waals surface area contributed by atoms with Crippen LogP contribution in [0.1, 0.15) is 50.2 Å². The van der Waals surface area contributed by atoms with Crippen LogP contribution >= 0.6 is 0 Å². The van der Waals surface area contributed by atoms with E-state index in [-0.39, 0.29) is 12.0 Å². The van der Waals surface area contributed by atoms with Crippen molar-refractivity contribution in [3.8, 4) is 5.95 Å². The molecule has 1 aliphatic carbocycles. The standard InChI is InChI=1S/C19H26N6O/c1-3-4-9-24-16-8-6-5-7-15(16)22-19(24)25-18(21-12(2)23-25)13-10-14(20)17(26)11-13/h5-8,13-14,17,26H,3-4,9-11,20H2,1-2H3/t13-,14+,17+/m0/s1.